The quantitative estimate of drug-likeness (QED) is 0.722. The summed E-state index contributed by atoms with van der Waals surface area (Å²) in [6, 6.07) is 7.39. The fraction of sp³-hybridized carbons (Fsp3) is 0.200. The first-order valence-corrected chi connectivity index (χ1v) is 7.22. The zero-order valence-electron chi connectivity index (χ0n) is 11.0. The molecule has 20 heavy (non-hydrogen) atoms. The van der Waals surface area contributed by atoms with E-state index in [1.165, 1.54) is 19.1 Å². The second-order valence-electron chi connectivity index (χ2n) is 4.62. The summed E-state index contributed by atoms with van der Waals surface area (Å²) in [5.41, 5.74) is 1.32. The lowest BCUT2D eigenvalue weighted by atomic mass is 10.0. The van der Waals surface area contributed by atoms with E-state index < -0.39 is 11.6 Å². The highest BCUT2D eigenvalue weighted by atomic mass is 79.9. The second-order valence-corrected chi connectivity index (χ2v) is 5.88. The van der Waals surface area contributed by atoms with Gasteiger partial charge in [0.2, 0.25) is 0 Å². The molecule has 2 rings (SSSR count). The Hall–Kier alpha value is -1.13. The van der Waals surface area contributed by atoms with E-state index >= 15 is 0 Å². The van der Waals surface area contributed by atoms with Crippen LogP contribution in [0.2, 0.25) is 5.02 Å². The molecule has 106 valence electrons. The molecule has 2 aromatic rings. The Morgan fingerprint density at radius 2 is 1.85 bits per heavy atom. The predicted octanol–water partition coefficient (Wildman–Crippen LogP) is 5.86. The van der Waals surface area contributed by atoms with E-state index in [0.29, 0.717) is 10.6 Å². The third-order valence-corrected chi connectivity index (χ3v) is 4.28. The second kappa shape index (κ2) is 6.10. The summed E-state index contributed by atoms with van der Waals surface area (Å²) in [6.07, 6.45) is 0. The van der Waals surface area contributed by atoms with Crippen LogP contribution in [-0.2, 0) is 0 Å². The Labute approximate surface area is 130 Å². The Balaban J connectivity index is 2.25. The van der Waals surface area contributed by atoms with Crippen molar-refractivity contribution in [3.8, 4) is 0 Å². The highest BCUT2D eigenvalue weighted by molar-refractivity contribution is 9.10. The molecule has 0 fully saturated rings. The minimum Gasteiger partial charge on any atom is -0.378 e. The molecule has 0 saturated heterocycles. The number of hydrogen-bond acceptors (Lipinski definition) is 1. The first-order chi connectivity index (χ1) is 9.38. The van der Waals surface area contributed by atoms with E-state index in [4.69, 9.17) is 11.6 Å². The Bertz CT molecular complexity index is 646. The number of halogens is 4. The van der Waals surface area contributed by atoms with Gasteiger partial charge in [0.25, 0.3) is 0 Å². The minimum atomic E-state index is -0.424. The fourth-order valence-electron chi connectivity index (χ4n) is 1.91. The standard InChI is InChI=1S/C15H13BrClF2N/c1-8-5-15(19)11(7-14(8)18)9(2)20-10-3-4-12(16)13(17)6-10/h3-7,9,20H,1-2H3. The first kappa shape index (κ1) is 15.3. The molecule has 0 heterocycles. The van der Waals surface area contributed by atoms with Crippen molar-refractivity contribution in [3.63, 3.8) is 0 Å². The van der Waals surface area contributed by atoms with Crippen molar-refractivity contribution < 1.29 is 8.78 Å². The van der Waals surface area contributed by atoms with E-state index in [2.05, 4.69) is 21.2 Å². The van der Waals surface area contributed by atoms with Gasteiger partial charge in [0.05, 0.1) is 11.1 Å². The summed E-state index contributed by atoms with van der Waals surface area (Å²) in [4.78, 5) is 0. The Morgan fingerprint density at radius 1 is 1.15 bits per heavy atom. The normalized spacial score (nSPS) is 12.3. The molecule has 0 radical (unpaired) electrons. The average molecular weight is 361 g/mol. The molecule has 0 bridgehead atoms. The van der Waals surface area contributed by atoms with Gasteiger partial charge in [0.1, 0.15) is 11.6 Å². The summed E-state index contributed by atoms with van der Waals surface area (Å²) in [6.45, 7) is 3.30. The SMILES string of the molecule is Cc1cc(F)c(C(C)Nc2ccc(Br)c(Cl)c2)cc1F. The summed E-state index contributed by atoms with van der Waals surface area (Å²) in [5, 5.41) is 3.66. The molecule has 1 nitrogen and oxygen atoms in total. The monoisotopic (exact) mass is 359 g/mol. The molecule has 1 atom stereocenters. The molecule has 0 saturated carbocycles. The van der Waals surface area contributed by atoms with Gasteiger partial charge in [0, 0.05) is 15.7 Å². The minimum absolute atomic E-state index is 0.284. The summed E-state index contributed by atoms with van der Waals surface area (Å²) < 4.78 is 28.2. The molecule has 0 aliphatic rings. The van der Waals surface area contributed by atoms with Crippen LogP contribution >= 0.6 is 27.5 Å². The van der Waals surface area contributed by atoms with E-state index in [1.54, 1.807) is 19.1 Å². The number of anilines is 1. The highest BCUT2D eigenvalue weighted by Gasteiger charge is 2.14. The van der Waals surface area contributed by atoms with E-state index in [-0.39, 0.29) is 11.6 Å². The number of aryl methyl sites for hydroxylation is 1. The highest BCUT2D eigenvalue weighted by Crippen LogP contribution is 2.29. The van der Waals surface area contributed by atoms with Crippen LogP contribution in [0.25, 0.3) is 0 Å². The third-order valence-electron chi connectivity index (χ3n) is 3.05. The fourth-order valence-corrected chi connectivity index (χ4v) is 2.33. The van der Waals surface area contributed by atoms with Gasteiger partial charge in [-0.3, -0.25) is 0 Å². The van der Waals surface area contributed by atoms with Crippen molar-refractivity contribution in [1.82, 2.24) is 0 Å². The van der Waals surface area contributed by atoms with Crippen molar-refractivity contribution in [1.29, 1.82) is 0 Å². The van der Waals surface area contributed by atoms with Gasteiger partial charge < -0.3 is 5.32 Å². The molecule has 1 unspecified atom stereocenters. The van der Waals surface area contributed by atoms with Gasteiger partial charge in [-0.15, -0.1) is 0 Å². The van der Waals surface area contributed by atoms with Crippen LogP contribution < -0.4 is 5.32 Å². The summed E-state index contributed by atoms with van der Waals surface area (Å²) >= 11 is 9.30. The lowest BCUT2D eigenvalue weighted by molar-refractivity contribution is 0.571. The molecule has 5 heteroatoms. The zero-order chi connectivity index (χ0) is 14.9. The molecule has 0 spiro atoms. The van der Waals surface area contributed by atoms with Crippen molar-refractivity contribution in [2.24, 2.45) is 0 Å². The maximum Gasteiger partial charge on any atom is 0.128 e. The van der Waals surface area contributed by atoms with Crippen molar-refractivity contribution in [3.05, 3.63) is 62.6 Å². The number of rotatable bonds is 3. The van der Waals surface area contributed by atoms with E-state index in [0.717, 1.165) is 10.2 Å². The smallest absolute Gasteiger partial charge is 0.128 e. The van der Waals surface area contributed by atoms with Crippen molar-refractivity contribution >= 4 is 33.2 Å². The molecule has 0 aliphatic heterocycles. The van der Waals surface area contributed by atoms with Crippen LogP contribution in [-0.4, -0.2) is 0 Å². The van der Waals surface area contributed by atoms with Crippen LogP contribution in [0.5, 0.6) is 0 Å². The van der Waals surface area contributed by atoms with Gasteiger partial charge in [0.15, 0.2) is 0 Å². The van der Waals surface area contributed by atoms with E-state index in [1.807, 2.05) is 6.07 Å². The summed E-state index contributed by atoms with van der Waals surface area (Å²) in [7, 11) is 0. The topological polar surface area (TPSA) is 12.0 Å². The summed E-state index contributed by atoms with van der Waals surface area (Å²) in [5.74, 6) is -0.837. The van der Waals surface area contributed by atoms with Crippen molar-refractivity contribution in [2.75, 3.05) is 5.32 Å². The van der Waals surface area contributed by atoms with Gasteiger partial charge in [-0.2, -0.15) is 0 Å². The van der Waals surface area contributed by atoms with Gasteiger partial charge in [-0.25, -0.2) is 8.78 Å². The average Bonchev–Trinajstić information content (AvgIpc) is 2.38. The molecule has 0 aromatic heterocycles. The molecule has 2 aromatic carbocycles. The number of nitrogens with one attached hydrogen (secondary N) is 1. The largest absolute Gasteiger partial charge is 0.378 e. The van der Waals surface area contributed by atoms with Gasteiger partial charge in [-0.05, 0) is 65.7 Å². The van der Waals surface area contributed by atoms with Gasteiger partial charge in [-0.1, -0.05) is 11.6 Å². The lowest BCUT2D eigenvalue weighted by Gasteiger charge is -2.17. The van der Waals surface area contributed by atoms with Crippen LogP contribution in [0.4, 0.5) is 14.5 Å². The molecular formula is C15H13BrClF2N. The van der Waals surface area contributed by atoms with Crippen LogP contribution in [0, 0.1) is 18.6 Å². The molecule has 1 N–H and O–H groups in total. The van der Waals surface area contributed by atoms with Crippen molar-refractivity contribution in [2.45, 2.75) is 19.9 Å². The third kappa shape index (κ3) is 3.30. The van der Waals surface area contributed by atoms with E-state index in [9.17, 15) is 8.78 Å². The van der Waals surface area contributed by atoms with Crippen LogP contribution in [0.3, 0.4) is 0 Å². The first-order valence-electron chi connectivity index (χ1n) is 6.05. The number of benzene rings is 2. The van der Waals surface area contributed by atoms with Gasteiger partial charge >= 0.3 is 0 Å². The number of hydrogen-bond donors (Lipinski definition) is 1. The zero-order valence-corrected chi connectivity index (χ0v) is 13.3. The van der Waals surface area contributed by atoms with Crippen LogP contribution in [0.15, 0.2) is 34.8 Å². The molecule has 0 aliphatic carbocycles. The maximum atomic E-state index is 13.9. The Morgan fingerprint density at radius 3 is 2.50 bits per heavy atom. The van der Waals surface area contributed by atoms with Crippen LogP contribution in [0.1, 0.15) is 24.1 Å². The molecule has 0 amide bonds. The molecular weight excluding hydrogens is 348 g/mol. The maximum absolute atomic E-state index is 13.9. The Kier molecular flexibility index (Phi) is 4.66. The lowest BCUT2D eigenvalue weighted by Crippen LogP contribution is -2.09. The predicted molar refractivity (Wildman–Crippen MR) is 82.3 cm³/mol.